The number of ether oxygens (including phenoxy) is 1. The molecule has 0 unspecified atom stereocenters. The van der Waals surface area contributed by atoms with Crippen LogP contribution in [0.4, 0.5) is 10.1 Å². The number of rotatable bonds is 5. The Morgan fingerprint density at radius 1 is 1.26 bits per heavy atom. The Kier molecular flexibility index (Phi) is 5.08. The molecule has 0 amide bonds. The van der Waals surface area contributed by atoms with Gasteiger partial charge in [-0.2, -0.15) is 5.26 Å². The number of sulfonamides is 1. The summed E-state index contributed by atoms with van der Waals surface area (Å²) in [5.74, 6) is -0.444. The number of benzene rings is 2. The summed E-state index contributed by atoms with van der Waals surface area (Å²) in [5, 5.41) is 9.14. The number of para-hydroxylation sites is 1. The number of methoxy groups -OCH3 is 1. The van der Waals surface area contributed by atoms with Crippen LogP contribution in [0.3, 0.4) is 0 Å². The molecule has 0 aliphatic rings. The first kappa shape index (κ1) is 18.8. The first-order chi connectivity index (χ1) is 12.9. The molecule has 3 rings (SSSR count). The van der Waals surface area contributed by atoms with Crippen molar-refractivity contribution in [2.24, 2.45) is 0 Å². The van der Waals surface area contributed by atoms with E-state index >= 15 is 0 Å². The summed E-state index contributed by atoms with van der Waals surface area (Å²) in [7, 11) is -2.59. The summed E-state index contributed by atoms with van der Waals surface area (Å²) < 4.78 is 46.5. The highest BCUT2D eigenvalue weighted by molar-refractivity contribution is 7.92. The van der Waals surface area contributed by atoms with Gasteiger partial charge in [0.1, 0.15) is 16.5 Å². The third-order valence-electron chi connectivity index (χ3n) is 3.77. The number of aromatic amines is 1. The summed E-state index contributed by atoms with van der Waals surface area (Å²) in [6.07, 6.45) is 1.28. The molecule has 1 heterocycles. The molecule has 0 fully saturated rings. The average Bonchev–Trinajstić information content (AvgIpc) is 3.14. The van der Waals surface area contributed by atoms with Crippen molar-refractivity contribution in [3.63, 3.8) is 0 Å². The maximum absolute atomic E-state index is 14.0. The van der Waals surface area contributed by atoms with E-state index in [9.17, 15) is 12.8 Å². The minimum Gasteiger partial charge on any atom is -0.494 e. The van der Waals surface area contributed by atoms with Gasteiger partial charge in [-0.1, -0.05) is 17.7 Å². The molecule has 0 atom stereocenters. The number of anilines is 1. The predicted molar refractivity (Wildman–Crippen MR) is 99.7 cm³/mol. The molecule has 0 aliphatic heterocycles. The highest BCUT2D eigenvalue weighted by Gasteiger charge is 2.20. The molecule has 138 valence electrons. The van der Waals surface area contributed by atoms with Crippen LogP contribution in [0.5, 0.6) is 5.75 Å². The maximum Gasteiger partial charge on any atom is 0.263 e. The number of hydrogen-bond donors (Lipinski definition) is 2. The first-order valence-corrected chi connectivity index (χ1v) is 9.45. The van der Waals surface area contributed by atoms with Crippen LogP contribution >= 0.6 is 11.6 Å². The normalized spacial score (nSPS) is 11.0. The number of halogens is 2. The maximum atomic E-state index is 14.0. The molecule has 0 aliphatic carbocycles. The average molecular weight is 406 g/mol. The van der Waals surface area contributed by atoms with E-state index in [2.05, 4.69) is 9.71 Å². The van der Waals surface area contributed by atoms with Gasteiger partial charge in [0.25, 0.3) is 10.0 Å². The number of nitriles is 1. The van der Waals surface area contributed by atoms with Gasteiger partial charge in [-0.15, -0.1) is 0 Å². The van der Waals surface area contributed by atoms with Crippen LogP contribution in [0.15, 0.2) is 53.6 Å². The predicted octanol–water partition coefficient (Wildman–Crippen LogP) is 4.16. The van der Waals surface area contributed by atoms with Crippen LogP contribution in [-0.4, -0.2) is 20.5 Å². The smallest absolute Gasteiger partial charge is 0.263 e. The van der Waals surface area contributed by atoms with Crippen LogP contribution in [0, 0.1) is 17.1 Å². The highest BCUT2D eigenvalue weighted by atomic mass is 35.5. The van der Waals surface area contributed by atoms with E-state index < -0.39 is 15.8 Å². The summed E-state index contributed by atoms with van der Waals surface area (Å²) in [4.78, 5) is 2.76. The lowest BCUT2D eigenvalue weighted by Crippen LogP contribution is -2.13. The molecular formula is C18H13ClFN3O3S. The van der Waals surface area contributed by atoms with Gasteiger partial charge in [0, 0.05) is 11.8 Å². The fourth-order valence-electron chi connectivity index (χ4n) is 2.48. The van der Waals surface area contributed by atoms with E-state index in [0.29, 0.717) is 22.0 Å². The number of aromatic nitrogens is 1. The van der Waals surface area contributed by atoms with Gasteiger partial charge in [0.05, 0.1) is 35.1 Å². The van der Waals surface area contributed by atoms with Crippen LogP contribution < -0.4 is 9.46 Å². The van der Waals surface area contributed by atoms with Crippen molar-refractivity contribution < 1.29 is 17.5 Å². The van der Waals surface area contributed by atoms with Crippen molar-refractivity contribution in [1.29, 1.82) is 5.26 Å². The quantitative estimate of drug-likeness (QED) is 0.666. The molecule has 9 heteroatoms. The van der Waals surface area contributed by atoms with Crippen molar-refractivity contribution in [1.82, 2.24) is 4.98 Å². The van der Waals surface area contributed by atoms with Crippen LogP contribution in [-0.2, 0) is 10.0 Å². The Hall–Kier alpha value is -3.02. The monoisotopic (exact) mass is 405 g/mol. The van der Waals surface area contributed by atoms with Crippen molar-refractivity contribution in [3.8, 4) is 23.1 Å². The van der Waals surface area contributed by atoms with Crippen molar-refractivity contribution in [2.75, 3.05) is 11.8 Å². The standard InChI is InChI=1S/C18H13ClFN3O3S/c1-26-18-13(3-2-4-14(18)19)17-8-12(10-22-17)27(24,25)23-16-6-5-11(9-21)7-15(16)20/h2-8,10,22-23H,1H3. The number of nitrogens with one attached hydrogen (secondary N) is 2. The summed E-state index contributed by atoms with van der Waals surface area (Å²) in [5.41, 5.74) is 0.885. The molecular weight excluding hydrogens is 393 g/mol. The fourth-order valence-corrected chi connectivity index (χ4v) is 3.80. The number of nitrogens with zero attached hydrogens (tertiary/aromatic N) is 1. The van der Waals surface area contributed by atoms with Crippen molar-refractivity contribution >= 4 is 27.3 Å². The van der Waals surface area contributed by atoms with E-state index in [-0.39, 0.29) is 16.1 Å². The summed E-state index contributed by atoms with van der Waals surface area (Å²) in [6, 6.07) is 11.7. The zero-order valence-electron chi connectivity index (χ0n) is 14.0. The second-order valence-electron chi connectivity index (χ2n) is 5.48. The van der Waals surface area contributed by atoms with Crippen LogP contribution in [0.1, 0.15) is 5.56 Å². The SMILES string of the molecule is COc1c(Cl)cccc1-c1cc(S(=O)(=O)Nc2ccc(C#N)cc2F)c[nH]1. The molecule has 0 spiro atoms. The Morgan fingerprint density at radius 3 is 2.70 bits per heavy atom. The van der Waals surface area contributed by atoms with E-state index in [0.717, 1.165) is 6.07 Å². The Labute approximate surface area is 160 Å². The minimum absolute atomic E-state index is 0.0902. The molecule has 6 nitrogen and oxygen atoms in total. The number of hydrogen-bond acceptors (Lipinski definition) is 4. The molecule has 3 aromatic rings. The van der Waals surface area contributed by atoms with Gasteiger partial charge in [0.2, 0.25) is 0 Å². The largest absolute Gasteiger partial charge is 0.494 e. The zero-order chi connectivity index (χ0) is 19.6. The lowest BCUT2D eigenvalue weighted by atomic mass is 10.1. The summed E-state index contributed by atoms with van der Waals surface area (Å²) >= 11 is 6.09. The highest BCUT2D eigenvalue weighted by Crippen LogP contribution is 2.36. The third kappa shape index (κ3) is 3.74. The second-order valence-corrected chi connectivity index (χ2v) is 7.57. The van der Waals surface area contributed by atoms with E-state index in [1.54, 1.807) is 24.3 Å². The van der Waals surface area contributed by atoms with E-state index in [1.807, 2.05) is 0 Å². The van der Waals surface area contributed by atoms with Gasteiger partial charge < -0.3 is 9.72 Å². The molecule has 2 aromatic carbocycles. The Bertz CT molecular complexity index is 1150. The first-order valence-electron chi connectivity index (χ1n) is 7.59. The lowest BCUT2D eigenvalue weighted by Gasteiger charge is -2.09. The summed E-state index contributed by atoms with van der Waals surface area (Å²) in [6.45, 7) is 0. The molecule has 0 saturated carbocycles. The molecule has 1 aromatic heterocycles. The van der Waals surface area contributed by atoms with E-state index in [4.69, 9.17) is 21.6 Å². The topological polar surface area (TPSA) is 95.0 Å². The molecule has 0 bridgehead atoms. The number of H-pyrrole nitrogens is 1. The zero-order valence-corrected chi connectivity index (χ0v) is 15.5. The van der Waals surface area contributed by atoms with Gasteiger partial charge >= 0.3 is 0 Å². The molecule has 2 N–H and O–H groups in total. The van der Waals surface area contributed by atoms with Gasteiger partial charge in [-0.3, -0.25) is 4.72 Å². The van der Waals surface area contributed by atoms with Crippen molar-refractivity contribution in [2.45, 2.75) is 4.90 Å². The molecule has 27 heavy (non-hydrogen) atoms. The van der Waals surface area contributed by atoms with Gasteiger partial charge in [-0.25, -0.2) is 12.8 Å². The molecule has 0 radical (unpaired) electrons. The fraction of sp³-hybridized carbons (Fsp3) is 0.0556. The third-order valence-corrected chi connectivity index (χ3v) is 5.41. The lowest BCUT2D eigenvalue weighted by molar-refractivity contribution is 0.416. The van der Waals surface area contributed by atoms with Crippen LogP contribution in [0.25, 0.3) is 11.3 Å². The Morgan fingerprint density at radius 2 is 2.04 bits per heavy atom. The second kappa shape index (κ2) is 7.31. The van der Waals surface area contributed by atoms with Gasteiger partial charge in [0.15, 0.2) is 0 Å². The minimum atomic E-state index is -4.05. The van der Waals surface area contributed by atoms with E-state index in [1.165, 1.54) is 31.5 Å². The van der Waals surface area contributed by atoms with Crippen LogP contribution in [0.2, 0.25) is 5.02 Å². The van der Waals surface area contributed by atoms with Crippen molar-refractivity contribution in [3.05, 3.63) is 65.1 Å². The molecule has 0 saturated heterocycles. The van der Waals surface area contributed by atoms with Gasteiger partial charge in [-0.05, 0) is 36.4 Å². The Balaban J connectivity index is 1.94.